The maximum Gasteiger partial charge on any atom is 0.225 e. The fourth-order valence-electron chi connectivity index (χ4n) is 4.72. The standard InChI is InChI=1S/C23H32FN3O2/c24-20-7-3-17(4-8-20)9-12-25-22(28)19-2-1-13-27(16-19)21-10-14-26(15-11-21)23(29)18-5-6-18/h3-4,7-8,18-19,21H,1-2,5-6,9-16H2,(H,25,28)/t19-/m0/s1. The Labute approximate surface area is 172 Å². The largest absolute Gasteiger partial charge is 0.355 e. The second-order valence-electron chi connectivity index (χ2n) is 8.83. The molecule has 2 amide bonds. The molecule has 3 aliphatic rings. The molecule has 6 heteroatoms. The van der Waals surface area contributed by atoms with E-state index in [2.05, 4.69) is 15.1 Å². The number of benzene rings is 1. The Kier molecular flexibility index (Phi) is 6.48. The number of piperidine rings is 2. The zero-order valence-corrected chi connectivity index (χ0v) is 17.1. The molecular formula is C23H32FN3O2. The Morgan fingerprint density at radius 3 is 2.38 bits per heavy atom. The van der Waals surface area contributed by atoms with E-state index < -0.39 is 0 Å². The van der Waals surface area contributed by atoms with E-state index in [0.29, 0.717) is 24.4 Å². The molecule has 158 valence electrons. The molecule has 0 spiro atoms. The van der Waals surface area contributed by atoms with Gasteiger partial charge in [0.05, 0.1) is 5.92 Å². The van der Waals surface area contributed by atoms with Crippen LogP contribution in [0.3, 0.4) is 0 Å². The summed E-state index contributed by atoms with van der Waals surface area (Å²) < 4.78 is 13.0. The molecule has 0 aromatic heterocycles. The number of rotatable bonds is 6. The van der Waals surface area contributed by atoms with Gasteiger partial charge in [-0.3, -0.25) is 14.5 Å². The second-order valence-corrected chi connectivity index (χ2v) is 8.83. The summed E-state index contributed by atoms with van der Waals surface area (Å²) in [7, 11) is 0. The van der Waals surface area contributed by atoms with Gasteiger partial charge in [0.2, 0.25) is 11.8 Å². The molecule has 1 N–H and O–H groups in total. The summed E-state index contributed by atoms with van der Waals surface area (Å²) in [6.07, 6.45) is 6.91. The maximum atomic E-state index is 13.0. The Hall–Kier alpha value is -1.95. The molecule has 5 nitrogen and oxygen atoms in total. The molecule has 1 saturated carbocycles. The monoisotopic (exact) mass is 401 g/mol. The molecule has 2 saturated heterocycles. The van der Waals surface area contributed by atoms with Crippen molar-refractivity contribution >= 4 is 11.8 Å². The molecule has 2 aliphatic heterocycles. The van der Waals surface area contributed by atoms with Crippen molar-refractivity contribution in [2.24, 2.45) is 11.8 Å². The lowest BCUT2D eigenvalue weighted by Crippen LogP contribution is -2.51. The van der Waals surface area contributed by atoms with Crippen molar-refractivity contribution in [2.75, 3.05) is 32.7 Å². The first-order valence-corrected chi connectivity index (χ1v) is 11.1. The van der Waals surface area contributed by atoms with Gasteiger partial charge in [0, 0.05) is 38.1 Å². The van der Waals surface area contributed by atoms with E-state index in [1.807, 2.05) is 0 Å². The van der Waals surface area contributed by atoms with Gasteiger partial charge in [-0.05, 0) is 69.2 Å². The summed E-state index contributed by atoms with van der Waals surface area (Å²) in [5, 5.41) is 3.07. The van der Waals surface area contributed by atoms with Crippen LogP contribution in [0.5, 0.6) is 0 Å². The SMILES string of the molecule is O=C(NCCc1ccc(F)cc1)[C@H]1CCCN(C2CCN(C(=O)C3CC3)CC2)C1. The van der Waals surface area contributed by atoms with Crippen LogP contribution < -0.4 is 5.32 Å². The number of halogens is 1. The molecule has 1 aromatic carbocycles. The van der Waals surface area contributed by atoms with Crippen LogP contribution in [-0.2, 0) is 16.0 Å². The fraction of sp³-hybridized carbons (Fsp3) is 0.652. The first kappa shape index (κ1) is 20.3. The molecule has 29 heavy (non-hydrogen) atoms. The van der Waals surface area contributed by atoms with Crippen molar-refractivity contribution < 1.29 is 14.0 Å². The molecule has 1 aromatic rings. The smallest absolute Gasteiger partial charge is 0.225 e. The van der Waals surface area contributed by atoms with Gasteiger partial charge in [-0.1, -0.05) is 12.1 Å². The van der Waals surface area contributed by atoms with E-state index in [4.69, 9.17) is 0 Å². The number of hydrogen-bond donors (Lipinski definition) is 1. The van der Waals surface area contributed by atoms with Crippen LogP contribution >= 0.6 is 0 Å². The van der Waals surface area contributed by atoms with Gasteiger partial charge >= 0.3 is 0 Å². The summed E-state index contributed by atoms with van der Waals surface area (Å²) in [4.78, 5) is 29.4. The van der Waals surface area contributed by atoms with Crippen LogP contribution in [0.25, 0.3) is 0 Å². The number of amides is 2. The highest BCUT2D eigenvalue weighted by Gasteiger charge is 2.37. The Bertz CT molecular complexity index is 711. The summed E-state index contributed by atoms with van der Waals surface area (Å²) in [6, 6.07) is 6.95. The van der Waals surface area contributed by atoms with Gasteiger partial charge in [-0.15, -0.1) is 0 Å². The molecule has 0 unspecified atom stereocenters. The third-order valence-corrected chi connectivity index (χ3v) is 6.67. The van der Waals surface area contributed by atoms with Gasteiger partial charge in [-0.25, -0.2) is 4.39 Å². The number of hydrogen-bond acceptors (Lipinski definition) is 3. The van der Waals surface area contributed by atoms with E-state index in [1.54, 1.807) is 12.1 Å². The van der Waals surface area contributed by atoms with E-state index in [1.165, 1.54) is 12.1 Å². The number of nitrogens with zero attached hydrogens (tertiary/aromatic N) is 2. The molecule has 2 heterocycles. The van der Waals surface area contributed by atoms with Gasteiger partial charge in [0.1, 0.15) is 5.82 Å². The van der Waals surface area contributed by atoms with Crippen LogP contribution in [0.15, 0.2) is 24.3 Å². The van der Waals surface area contributed by atoms with Gasteiger partial charge in [0.15, 0.2) is 0 Å². The number of carbonyl (C=O) groups is 2. The summed E-state index contributed by atoms with van der Waals surface area (Å²) in [6.45, 7) is 4.20. The number of carbonyl (C=O) groups excluding carboxylic acids is 2. The van der Waals surface area contributed by atoms with Crippen molar-refractivity contribution in [1.82, 2.24) is 15.1 Å². The lowest BCUT2D eigenvalue weighted by molar-refractivity contribution is -0.134. The molecule has 3 fully saturated rings. The minimum atomic E-state index is -0.233. The van der Waals surface area contributed by atoms with Crippen molar-refractivity contribution in [3.8, 4) is 0 Å². The van der Waals surface area contributed by atoms with Crippen LogP contribution in [0.4, 0.5) is 4.39 Å². The van der Waals surface area contributed by atoms with Gasteiger partial charge in [0.25, 0.3) is 0 Å². The van der Waals surface area contributed by atoms with E-state index in [-0.39, 0.29) is 17.6 Å². The summed E-state index contributed by atoms with van der Waals surface area (Å²) in [5.74, 6) is 0.620. The second kappa shape index (κ2) is 9.24. The zero-order chi connectivity index (χ0) is 20.2. The van der Waals surface area contributed by atoms with Crippen molar-refractivity contribution in [1.29, 1.82) is 0 Å². The Morgan fingerprint density at radius 2 is 1.69 bits per heavy atom. The quantitative estimate of drug-likeness (QED) is 0.797. The fourth-order valence-corrected chi connectivity index (χ4v) is 4.72. The van der Waals surface area contributed by atoms with E-state index in [9.17, 15) is 14.0 Å². The van der Waals surface area contributed by atoms with Crippen LogP contribution in [-0.4, -0.2) is 60.4 Å². The topological polar surface area (TPSA) is 52.7 Å². The van der Waals surface area contributed by atoms with Crippen LogP contribution in [0.2, 0.25) is 0 Å². The lowest BCUT2D eigenvalue weighted by Gasteiger charge is -2.42. The number of nitrogens with one attached hydrogen (secondary N) is 1. The lowest BCUT2D eigenvalue weighted by atomic mass is 9.93. The predicted octanol–water partition coefficient (Wildman–Crippen LogP) is 2.60. The van der Waals surface area contributed by atoms with E-state index >= 15 is 0 Å². The van der Waals surface area contributed by atoms with Crippen molar-refractivity contribution in [2.45, 2.75) is 51.0 Å². The Morgan fingerprint density at radius 1 is 0.966 bits per heavy atom. The minimum Gasteiger partial charge on any atom is -0.355 e. The number of likely N-dealkylation sites (tertiary alicyclic amines) is 2. The van der Waals surface area contributed by atoms with Gasteiger partial charge < -0.3 is 10.2 Å². The van der Waals surface area contributed by atoms with Crippen LogP contribution in [0, 0.1) is 17.7 Å². The molecule has 4 rings (SSSR count). The first-order chi connectivity index (χ1) is 14.1. The highest BCUT2D eigenvalue weighted by atomic mass is 19.1. The highest BCUT2D eigenvalue weighted by molar-refractivity contribution is 5.81. The van der Waals surface area contributed by atoms with E-state index in [0.717, 1.165) is 76.7 Å². The molecule has 0 radical (unpaired) electrons. The predicted molar refractivity (Wildman–Crippen MR) is 110 cm³/mol. The maximum absolute atomic E-state index is 13.0. The molecular weight excluding hydrogens is 369 g/mol. The third kappa shape index (κ3) is 5.35. The average molecular weight is 402 g/mol. The normalized spacial score (nSPS) is 23.8. The van der Waals surface area contributed by atoms with Crippen LogP contribution in [0.1, 0.15) is 44.1 Å². The molecule has 1 aliphatic carbocycles. The average Bonchev–Trinajstić information content (AvgIpc) is 3.60. The summed E-state index contributed by atoms with van der Waals surface area (Å²) in [5.41, 5.74) is 1.03. The summed E-state index contributed by atoms with van der Waals surface area (Å²) >= 11 is 0. The van der Waals surface area contributed by atoms with Crippen molar-refractivity contribution in [3.05, 3.63) is 35.6 Å². The minimum absolute atomic E-state index is 0.0445. The Balaban J connectivity index is 1.20. The van der Waals surface area contributed by atoms with Gasteiger partial charge in [-0.2, -0.15) is 0 Å². The zero-order valence-electron chi connectivity index (χ0n) is 17.1. The van der Waals surface area contributed by atoms with Crippen molar-refractivity contribution in [3.63, 3.8) is 0 Å². The highest BCUT2D eigenvalue weighted by Crippen LogP contribution is 2.32. The first-order valence-electron chi connectivity index (χ1n) is 11.1. The molecule has 0 bridgehead atoms. The molecule has 1 atom stereocenters. The third-order valence-electron chi connectivity index (χ3n) is 6.67.